The van der Waals surface area contributed by atoms with Gasteiger partial charge in [0.1, 0.15) is 6.04 Å². The van der Waals surface area contributed by atoms with E-state index in [0.717, 1.165) is 9.80 Å². The molecule has 2 rings (SSSR count). The Labute approximate surface area is 314 Å². The topological polar surface area (TPSA) is 203 Å². The number of rotatable bonds is 18. The monoisotopic (exact) mass is 955 g/mol. The number of carbonyl (C=O) groups excluding carboxylic acids is 8. The third-order valence-corrected chi connectivity index (χ3v) is 11.6. The number of halogens is 2. The third-order valence-electron chi connectivity index (χ3n) is 7.02. The Morgan fingerprint density at radius 1 is 0.809 bits per heavy atom. The van der Waals surface area contributed by atoms with Gasteiger partial charge in [-0.2, -0.15) is 23.2 Å². The van der Waals surface area contributed by atoms with Gasteiger partial charge in [0.15, 0.2) is 0 Å². The Morgan fingerprint density at radius 3 is 1.79 bits per heavy atom. The highest BCUT2D eigenvalue weighted by molar-refractivity contribution is 14.1. The van der Waals surface area contributed by atoms with E-state index in [-0.39, 0.29) is 57.6 Å². The van der Waals surface area contributed by atoms with Crippen LogP contribution in [-0.4, -0.2) is 113 Å². The summed E-state index contributed by atoms with van der Waals surface area (Å²) in [5.41, 5.74) is 0. The van der Waals surface area contributed by atoms with Crippen molar-refractivity contribution in [1.82, 2.24) is 36.4 Å². The van der Waals surface area contributed by atoms with Crippen LogP contribution < -0.4 is 26.6 Å². The van der Waals surface area contributed by atoms with Gasteiger partial charge < -0.3 is 26.6 Å². The third kappa shape index (κ3) is 13.8. The normalized spacial score (nSPS) is 20.4. The second kappa shape index (κ2) is 20.2. The van der Waals surface area contributed by atoms with Crippen LogP contribution in [0.3, 0.4) is 0 Å². The second-order valence-corrected chi connectivity index (χ2v) is 22.9. The van der Waals surface area contributed by atoms with Crippen LogP contribution in [0.4, 0.5) is 0 Å². The molecular formula is C24H39B2I2N7O8P2S2. The van der Waals surface area contributed by atoms with Crippen molar-refractivity contribution < 1.29 is 38.4 Å². The summed E-state index contributed by atoms with van der Waals surface area (Å²) >= 11 is 6.94. The molecule has 2 aliphatic rings. The molecule has 8 amide bonds. The smallest absolute Gasteiger partial charge is 0.303 e. The summed E-state index contributed by atoms with van der Waals surface area (Å²) in [7, 11) is 6.69. The van der Waals surface area contributed by atoms with Crippen molar-refractivity contribution in [3.63, 3.8) is 0 Å². The largest absolute Gasteiger partial charge is 0.336 e. The molecule has 8 unspecified atom stereocenters. The lowest BCUT2D eigenvalue weighted by atomic mass is 10.1. The molecule has 0 spiro atoms. The number of imide groups is 2. The van der Waals surface area contributed by atoms with E-state index in [1.54, 1.807) is 14.0 Å². The first-order valence-electron chi connectivity index (χ1n) is 14.6. The van der Waals surface area contributed by atoms with Gasteiger partial charge >= 0.3 is 7.13 Å². The molecule has 0 bridgehead atoms. The van der Waals surface area contributed by atoms with Gasteiger partial charge in [-0.05, 0) is 27.8 Å². The molecule has 0 aliphatic carbocycles. The van der Waals surface area contributed by atoms with Crippen LogP contribution in [0.1, 0.15) is 52.9 Å². The van der Waals surface area contributed by atoms with Crippen molar-refractivity contribution in [2.75, 3.05) is 13.6 Å². The first-order chi connectivity index (χ1) is 21.9. The average Bonchev–Trinajstić information content (AvgIpc) is 3.37. The molecule has 47 heavy (non-hydrogen) atoms. The zero-order chi connectivity index (χ0) is 35.6. The van der Waals surface area contributed by atoms with Crippen LogP contribution in [0, 0.1) is 0 Å². The Bertz CT molecular complexity index is 1250. The van der Waals surface area contributed by atoms with Gasteiger partial charge in [0.05, 0.1) is 22.8 Å². The Hall–Kier alpha value is -0.730. The van der Waals surface area contributed by atoms with E-state index < -0.39 is 70.4 Å². The van der Waals surface area contributed by atoms with Gasteiger partial charge in [-0.3, -0.25) is 48.2 Å². The lowest BCUT2D eigenvalue weighted by Crippen LogP contribution is -2.54. The van der Waals surface area contributed by atoms with E-state index >= 15 is 0 Å². The maximum atomic E-state index is 12.8. The fraction of sp³-hybridized carbons (Fsp3) is 0.667. The van der Waals surface area contributed by atoms with Crippen LogP contribution in [0.5, 0.6) is 0 Å². The highest BCUT2D eigenvalue weighted by Crippen LogP contribution is 2.33. The van der Waals surface area contributed by atoms with Gasteiger partial charge in [-0.15, -0.1) is 63.0 Å². The molecule has 0 aromatic carbocycles. The van der Waals surface area contributed by atoms with E-state index in [4.69, 9.17) is 0 Å². The zero-order valence-corrected chi connectivity index (χ0v) is 34.5. The molecule has 5 N–H and O–H groups in total. The molecule has 2 fully saturated rings. The fourth-order valence-electron chi connectivity index (χ4n) is 4.82. The summed E-state index contributed by atoms with van der Waals surface area (Å²) in [6, 6.07) is -1.63. The van der Waals surface area contributed by atoms with Crippen molar-refractivity contribution in [3.05, 3.63) is 0 Å². The maximum Gasteiger partial charge on any atom is 0.303 e. The number of hydrogen-bond acceptors (Lipinski definition) is 11. The van der Waals surface area contributed by atoms with Gasteiger partial charge in [0.2, 0.25) is 47.3 Å². The van der Waals surface area contributed by atoms with Crippen LogP contribution >= 0.6 is 86.2 Å². The van der Waals surface area contributed by atoms with Gasteiger partial charge in [-0.25, -0.2) is 0 Å². The van der Waals surface area contributed by atoms with E-state index in [2.05, 4.69) is 89.6 Å². The summed E-state index contributed by atoms with van der Waals surface area (Å²) in [6.07, 6.45) is -1.78. The molecule has 0 aromatic heterocycles. The summed E-state index contributed by atoms with van der Waals surface area (Å²) in [5, 5.41) is 12.3. The highest BCUT2D eigenvalue weighted by Gasteiger charge is 2.44. The highest BCUT2D eigenvalue weighted by atomic mass is 127. The van der Waals surface area contributed by atoms with Crippen LogP contribution in [0.2, 0.25) is 0 Å². The van der Waals surface area contributed by atoms with Crippen molar-refractivity contribution in [1.29, 1.82) is 0 Å². The minimum atomic E-state index is -1.06. The van der Waals surface area contributed by atoms with Crippen LogP contribution in [-0.2, 0) is 38.4 Å². The molecule has 0 radical (unpaired) electrons. The second-order valence-electron chi connectivity index (χ2n) is 10.8. The average molecular weight is 955 g/mol. The molecule has 260 valence electrons. The molecule has 8 atom stereocenters. The number of amides is 8. The first-order valence-corrected chi connectivity index (χ1v) is 20.3. The Balaban J connectivity index is 1.75. The van der Waals surface area contributed by atoms with E-state index in [1.807, 2.05) is 0 Å². The molecule has 2 heterocycles. The number of carbonyl (C=O) groups is 8. The van der Waals surface area contributed by atoms with Gasteiger partial charge in [0, 0.05) is 44.7 Å². The number of nitrogens with zero attached hydrogens (tertiary/aromatic N) is 2. The zero-order valence-electron chi connectivity index (χ0n) is 26.2. The van der Waals surface area contributed by atoms with E-state index in [9.17, 15) is 38.4 Å². The van der Waals surface area contributed by atoms with Gasteiger partial charge in [0.25, 0.3) is 0 Å². The summed E-state index contributed by atoms with van der Waals surface area (Å²) in [6.45, 7) is 4.49. The van der Waals surface area contributed by atoms with Gasteiger partial charge in [-0.1, -0.05) is 0 Å². The lowest BCUT2D eigenvalue weighted by molar-refractivity contribution is -0.146. The molecule has 23 heteroatoms. The Morgan fingerprint density at radius 2 is 1.28 bits per heavy atom. The van der Waals surface area contributed by atoms with Crippen LogP contribution in [0.25, 0.3) is 0 Å². The number of likely N-dealkylation sites (tertiary alicyclic amines) is 2. The molecule has 15 nitrogen and oxygen atoms in total. The van der Waals surface area contributed by atoms with Crippen molar-refractivity contribution in [3.8, 4) is 0 Å². The number of nitrogens with one attached hydrogen (secondary N) is 5. The molecule has 2 saturated heterocycles. The van der Waals surface area contributed by atoms with E-state index in [1.165, 1.54) is 37.1 Å². The van der Waals surface area contributed by atoms with Crippen LogP contribution in [0.15, 0.2) is 0 Å². The summed E-state index contributed by atoms with van der Waals surface area (Å²) in [4.78, 5) is 102. The predicted octanol–water partition coefficient (Wildman–Crippen LogP) is -0.399. The molecule has 2 aliphatic heterocycles. The number of hydrogen-bond donors (Lipinski definition) is 5. The molecule has 0 aromatic rings. The lowest BCUT2D eigenvalue weighted by Gasteiger charge is -2.25. The van der Waals surface area contributed by atoms with E-state index in [0.29, 0.717) is 0 Å². The molecule has 0 saturated carbocycles. The van der Waals surface area contributed by atoms with Crippen molar-refractivity contribution in [2.45, 2.75) is 87.8 Å². The molecular weight excluding hydrogens is 916 g/mol. The quantitative estimate of drug-likeness (QED) is 0.0394. The SMILES string of the molecule is CNC(CC(=O)NC(C)NC(=O)CCN1C(=O)CC(SB(P)I)C1=O)CC(=O)NC(C)NC(=O)C(C)N1C(=O)CC(SB(P)I)C1=O. The summed E-state index contributed by atoms with van der Waals surface area (Å²) in [5.74, 6) is -3.43. The first kappa shape index (κ1) is 42.4. The summed E-state index contributed by atoms with van der Waals surface area (Å²) < 4.78 is 0.110. The fourth-order valence-corrected chi connectivity index (χ4v) is 9.66. The van der Waals surface area contributed by atoms with Crippen molar-refractivity contribution in [2.24, 2.45) is 0 Å². The maximum absolute atomic E-state index is 12.8. The minimum Gasteiger partial charge on any atom is -0.336 e. The standard InChI is InChI=1S/C24H39B2I2N7O8P2S2/c1-11(35-21(40)10-16(24(35)43)47-26(28)45)22(41)33-13(3)32-19(38)8-14(29-4)7-18(37)31-12(2)30-17(36)5-6-34-20(39)9-15(23(34)42)46-25(27)44/h11-16,29H,5-10,44-45H2,1-4H3,(H,30,36)(H,31,37)(H,32,38)(H,33,41). The van der Waals surface area contributed by atoms with Crippen molar-refractivity contribution >= 4 is 141 Å². The minimum absolute atomic E-state index is 0.0200. The Kier molecular flexibility index (Phi) is 18.2. The predicted molar refractivity (Wildman–Crippen MR) is 207 cm³/mol.